The summed E-state index contributed by atoms with van der Waals surface area (Å²) < 4.78 is 0. The Balaban J connectivity index is 2.54. The van der Waals surface area contributed by atoms with Crippen LogP contribution >= 0.6 is 0 Å². The number of rotatable bonds is 0. The van der Waals surface area contributed by atoms with Crippen LogP contribution in [0.2, 0.25) is 0 Å². The Morgan fingerprint density at radius 3 is 2.90 bits per heavy atom. The van der Waals surface area contributed by atoms with E-state index >= 15 is 0 Å². The zero-order chi connectivity index (χ0) is 7.56. The maximum Gasteiger partial charge on any atom is 0.138 e. The molecule has 4 heteroatoms. The fourth-order valence-electron chi connectivity index (χ4n) is 1.15. The fourth-order valence-corrected chi connectivity index (χ4v) is 1.15. The van der Waals surface area contributed by atoms with Crippen molar-refractivity contribution in [1.82, 2.24) is 5.01 Å². The molecule has 1 rings (SSSR count). The minimum Gasteiger partial charge on any atom is -0.322 e. The number of amidine groups is 1. The Morgan fingerprint density at radius 1 is 1.70 bits per heavy atom. The summed E-state index contributed by atoms with van der Waals surface area (Å²) in [7, 11) is 0. The predicted molar refractivity (Wildman–Crippen MR) is 40.9 cm³/mol. The molecule has 0 radical (unpaired) electrons. The minimum absolute atomic E-state index is 0.669. The first-order chi connectivity index (χ1) is 4.74. The molecule has 1 fully saturated rings. The molecule has 0 aliphatic carbocycles. The highest BCUT2D eigenvalue weighted by atomic mass is 15.4. The lowest BCUT2D eigenvalue weighted by atomic mass is 9.99. The van der Waals surface area contributed by atoms with Crippen LogP contribution in [0.25, 0.3) is 0 Å². The quantitative estimate of drug-likeness (QED) is 0.365. The highest BCUT2D eigenvalue weighted by Crippen LogP contribution is 2.15. The highest BCUT2D eigenvalue weighted by Gasteiger charge is 2.18. The summed E-state index contributed by atoms with van der Waals surface area (Å²) in [4.78, 5) is 0. The van der Waals surface area contributed by atoms with Crippen LogP contribution in [0.1, 0.15) is 19.8 Å². The van der Waals surface area contributed by atoms with Gasteiger partial charge in [-0.25, -0.2) is 5.84 Å². The molecule has 1 saturated heterocycles. The topological polar surface area (TPSA) is 67.6 Å². The molecule has 0 aromatic carbocycles. The van der Waals surface area contributed by atoms with Crippen molar-refractivity contribution in [2.45, 2.75) is 19.8 Å². The van der Waals surface area contributed by atoms with Gasteiger partial charge in [0.05, 0.1) is 0 Å². The van der Waals surface area contributed by atoms with E-state index in [2.05, 4.69) is 12.0 Å². The van der Waals surface area contributed by atoms with E-state index < -0.39 is 0 Å². The molecule has 1 atom stereocenters. The summed E-state index contributed by atoms with van der Waals surface area (Å²) in [6.45, 7) is 3.05. The van der Waals surface area contributed by atoms with Gasteiger partial charge in [-0.05, 0) is 12.3 Å². The van der Waals surface area contributed by atoms with Crippen LogP contribution in [0, 0.1) is 5.92 Å². The average molecular weight is 142 g/mol. The molecule has 1 aliphatic heterocycles. The summed E-state index contributed by atoms with van der Waals surface area (Å²) in [5, 5.41) is 5.22. The Bertz CT molecular complexity index is 143. The number of hydrazine groups is 1. The van der Waals surface area contributed by atoms with E-state index in [0.717, 1.165) is 25.2 Å². The monoisotopic (exact) mass is 142 g/mol. The Morgan fingerprint density at radius 2 is 2.40 bits per heavy atom. The lowest BCUT2D eigenvalue weighted by Gasteiger charge is -2.28. The van der Waals surface area contributed by atoms with E-state index in [1.807, 2.05) is 0 Å². The van der Waals surface area contributed by atoms with Crippen LogP contribution in [0.3, 0.4) is 0 Å². The molecule has 1 heterocycles. The van der Waals surface area contributed by atoms with Crippen LogP contribution in [-0.4, -0.2) is 17.4 Å². The van der Waals surface area contributed by atoms with Gasteiger partial charge in [-0.1, -0.05) is 6.92 Å². The number of hydrogen-bond donors (Lipinski definition) is 2. The van der Waals surface area contributed by atoms with Crippen LogP contribution < -0.4 is 11.7 Å². The van der Waals surface area contributed by atoms with Crippen molar-refractivity contribution < 1.29 is 0 Å². The number of nitrogens with zero attached hydrogens (tertiary/aromatic N) is 2. The third-order valence-corrected chi connectivity index (χ3v) is 1.87. The lowest BCUT2D eigenvalue weighted by Crippen LogP contribution is -2.43. The first kappa shape index (κ1) is 7.34. The van der Waals surface area contributed by atoms with E-state index in [9.17, 15) is 0 Å². The van der Waals surface area contributed by atoms with Crippen molar-refractivity contribution >= 4 is 5.84 Å². The maximum atomic E-state index is 5.57. The van der Waals surface area contributed by atoms with Gasteiger partial charge in [0, 0.05) is 13.0 Å². The second-order valence-corrected chi connectivity index (χ2v) is 2.84. The van der Waals surface area contributed by atoms with Crippen molar-refractivity contribution in [3.05, 3.63) is 0 Å². The molecule has 0 aromatic heterocycles. The Hall–Kier alpha value is -0.770. The number of hydrazone groups is 1. The van der Waals surface area contributed by atoms with Crippen molar-refractivity contribution in [1.29, 1.82) is 0 Å². The molecule has 4 N–H and O–H groups in total. The van der Waals surface area contributed by atoms with E-state index in [1.54, 1.807) is 5.01 Å². The van der Waals surface area contributed by atoms with Crippen molar-refractivity contribution in [3.8, 4) is 0 Å². The summed E-state index contributed by atoms with van der Waals surface area (Å²) in [5.41, 5.74) is 0. The summed E-state index contributed by atoms with van der Waals surface area (Å²) in [5.74, 6) is 12.2. The van der Waals surface area contributed by atoms with E-state index in [4.69, 9.17) is 11.7 Å². The third kappa shape index (κ3) is 1.39. The van der Waals surface area contributed by atoms with Gasteiger partial charge in [0.15, 0.2) is 0 Å². The zero-order valence-electron chi connectivity index (χ0n) is 6.25. The van der Waals surface area contributed by atoms with Gasteiger partial charge < -0.3 is 5.84 Å². The number of piperidine rings is 1. The second-order valence-electron chi connectivity index (χ2n) is 2.84. The molecule has 0 saturated carbocycles. The van der Waals surface area contributed by atoms with Gasteiger partial charge in [-0.2, -0.15) is 5.10 Å². The normalized spacial score (nSPS) is 31.2. The van der Waals surface area contributed by atoms with E-state index in [-0.39, 0.29) is 0 Å². The SMILES string of the molecule is CC1CCN(N)/C(=N\N)C1. The molecule has 4 nitrogen and oxygen atoms in total. The second kappa shape index (κ2) is 2.88. The molecule has 0 aromatic rings. The molecular formula is C6H14N4. The molecule has 0 spiro atoms. The largest absolute Gasteiger partial charge is 0.322 e. The lowest BCUT2D eigenvalue weighted by molar-refractivity contribution is 0.332. The van der Waals surface area contributed by atoms with Gasteiger partial charge in [0.1, 0.15) is 5.84 Å². The Labute approximate surface area is 60.8 Å². The van der Waals surface area contributed by atoms with Crippen LogP contribution in [0.4, 0.5) is 0 Å². The highest BCUT2D eigenvalue weighted by molar-refractivity contribution is 5.82. The number of hydrogen-bond acceptors (Lipinski definition) is 3. The first-order valence-corrected chi connectivity index (χ1v) is 3.53. The van der Waals surface area contributed by atoms with Crippen LogP contribution in [-0.2, 0) is 0 Å². The third-order valence-electron chi connectivity index (χ3n) is 1.87. The summed E-state index contributed by atoms with van der Waals surface area (Å²) in [6, 6.07) is 0. The van der Waals surface area contributed by atoms with Crippen LogP contribution in [0.5, 0.6) is 0 Å². The van der Waals surface area contributed by atoms with E-state index in [1.165, 1.54) is 0 Å². The minimum atomic E-state index is 0.669. The molecular weight excluding hydrogens is 128 g/mol. The zero-order valence-corrected chi connectivity index (χ0v) is 6.25. The van der Waals surface area contributed by atoms with Crippen LogP contribution in [0.15, 0.2) is 5.10 Å². The molecule has 0 amide bonds. The van der Waals surface area contributed by atoms with Gasteiger partial charge in [-0.15, -0.1) is 0 Å². The fraction of sp³-hybridized carbons (Fsp3) is 0.833. The maximum absolute atomic E-state index is 5.57. The molecule has 1 unspecified atom stereocenters. The molecule has 0 bridgehead atoms. The van der Waals surface area contributed by atoms with Gasteiger partial charge in [-0.3, -0.25) is 5.01 Å². The van der Waals surface area contributed by atoms with Gasteiger partial charge >= 0.3 is 0 Å². The predicted octanol–water partition coefficient (Wildman–Crippen LogP) is -0.136. The van der Waals surface area contributed by atoms with Crippen molar-refractivity contribution in [3.63, 3.8) is 0 Å². The van der Waals surface area contributed by atoms with E-state index in [0.29, 0.717) is 5.92 Å². The average Bonchev–Trinajstić information content (AvgIpc) is 1.94. The molecule has 58 valence electrons. The standard InChI is InChI=1S/C6H14N4/c1-5-2-3-10(8)6(4-5)9-7/h5H,2-4,7-8H2,1H3/b9-6-. The Kier molecular flexibility index (Phi) is 2.11. The van der Waals surface area contributed by atoms with Crippen molar-refractivity contribution in [2.24, 2.45) is 22.7 Å². The van der Waals surface area contributed by atoms with Gasteiger partial charge in [0.25, 0.3) is 0 Å². The summed E-state index contributed by atoms with van der Waals surface area (Å²) in [6.07, 6.45) is 2.04. The number of nitrogens with two attached hydrogens (primary N) is 2. The molecule has 10 heavy (non-hydrogen) atoms. The first-order valence-electron chi connectivity index (χ1n) is 3.53. The smallest absolute Gasteiger partial charge is 0.138 e. The van der Waals surface area contributed by atoms with Gasteiger partial charge in [0.2, 0.25) is 0 Å². The van der Waals surface area contributed by atoms with Crippen molar-refractivity contribution in [2.75, 3.05) is 6.54 Å². The summed E-state index contributed by atoms with van der Waals surface area (Å²) >= 11 is 0. The molecule has 1 aliphatic rings.